The first-order valence-corrected chi connectivity index (χ1v) is 16.6. The third kappa shape index (κ3) is 7.49. The zero-order valence-corrected chi connectivity index (χ0v) is 17.0. The van der Waals surface area contributed by atoms with Gasteiger partial charge in [0.1, 0.15) is 0 Å². The minimum absolute atomic E-state index is 1.07. The maximum Gasteiger partial charge on any atom is 0.311 e. The normalized spacial score (nSPS) is 13.6. The predicted octanol–water partition coefficient (Wildman–Crippen LogP) is 4.40. The second-order valence-electron chi connectivity index (χ2n) is 7.33. The quantitative estimate of drug-likeness (QED) is 0.696. The van der Waals surface area contributed by atoms with Gasteiger partial charge in [-0.05, 0) is 76.0 Å². The van der Waals surface area contributed by atoms with Gasteiger partial charge >= 0.3 is 8.56 Å². The highest BCUT2D eigenvalue weighted by Gasteiger charge is 2.37. The molecule has 1 aromatic heterocycles. The Morgan fingerprint density at radius 2 is 1.45 bits per heavy atom. The van der Waals surface area contributed by atoms with E-state index in [1.807, 2.05) is 12.4 Å². The smallest absolute Gasteiger partial charge is 0.311 e. The SMILES string of the molecule is C[Si](C)(C)O[Si](C)(C)O[Si](C)(C)CCc1ccncc1. The van der Waals surface area contributed by atoms with Gasteiger partial charge in [-0.2, -0.15) is 0 Å². The fraction of sp³-hybridized carbons (Fsp3) is 0.643. The summed E-state index contributed by atoms with van der Waals surface area (Å²) in [7, 11) is -5.21. The van der Waals surface area contributed by atoms with Crippen LogP contribution >= 0.6 is 0 Å². The van der Waals surface area contributed by atoms with E-state index in [9.17, 15) is 0 Å². The molecule has 0 atom stereocenters. The van der Waals surface area contributed by atoms with Crippen molar-refractivity contribution in [1.29, 1.82) is 0 Å². The molecule has 0 radical (unpaired) electrons. The van der Waals surface area contributed by atoms with Gasteiger partial charge < -0.3 is 8.23 Å². The third-order valence-electron chi connectivity index (χ3n) is 2.84. The summed E-state index contributed by atoms with van der Waals surface area (Å²) in [6, 6.07) is 5.31. The number of pyridine rings is 1. The van der Waals surface area contributed by atoms with Crippen LogP contribution in [0.3, 0.4) is 0 Å². The summed E-state index contributed by atoms with van der Waals surface area (Å²) >= 11 is 0. The van der Waals surface area contributed by atoms with Gasteiger partial charge in [0, 0.05) is 12.4 Å². The lowest BCUT2D eigenvalue weighted by Crippen LogP contribution is -2.51. The highest BCUT2D eigenvalue weighted by molar-refractivity contribution is 6.87. The van der Waals surface area contributed by atoms with E-state index in [1.165, 1.54) is 5.56 Å². The van der Waals surface area contributed by atoms with Crippen molar-refractivity contribution in [3.8, 4) is 0 Å². The Hall–Kier alpha value is -0.279. The van der Waals surface area contributed by atoms with Crippen LogP contribution in [0.25, 0.3) is 0 Å². The highest BCUT2D eigenvalue weighted by atomic mass is 28.5. The first-order valence-electron chi connectivity index (χ1n) is 7.28. The Kier molecular flexibility index (Phi) is 5.91. The van der Waals surface area contributed by atoms with Crippen molar-refractivity contribution in [1.82, 2.24) is 4.98 Å². The molecule has 0 aliphatic rings. The van der Waals surface area contributed by atoms with Crippen LogP contribution in [0.2, 0.25) is 51.9 Å². The summed E-state index contributed by atoms with van der Waals surface area (Å²) in [5.74, 6) is 0. The van der Waals surface area contributed by atoms with Crippen LogP contribution in [0.4, 0.5) is 0 Å². The fourth-order valence-corrected chi connectivity index (χ4v) is 15.5. The number of aryl methyl sites for hydroxylation is 1. The van der Waals surface area contributed by atoms with Crippen molar-refractivity contribution >= 4 is 25.2 Å². The summed E-state index contributed by atoms with van der Waals surface area (Å²) in [4.78, 5) is 4.06. The Morgan fingerprint density at radius 3 is 1.95 bits per heavy atom. The van der Waals surface area contributed by atoms with Crippen molar-refractivity contribution < 1.29 is 8.23 Å². The topological polar surface area (TPSA) is 31.4 Å². The molecule has 0 fully saturated rings. The molecule has 0 amide bonds. The van der Waals surface area contributed by atoms with Gasteiger partial charge in [-0.25, -0.2) is 0 Å². The maximum atomic E-state index is 6.50. The van der Waals surface area contributed by atoms with E-state index in [0.717, 1.165) is 12.5 Å². The maximum absolute atomic E-state index is 6.50. The van der Waals surface area contributed by atoms with Crippen LogP contribution in [-0.4, -0.2) is 30.2 Å². The Balaban J connectivity index is 2.56. The lowest BCUT2D eigenvalue weighted by molar-refractivity contribution is 0.391. The second kappa shape index (κ2) is 6.66. The van der Waals surface area contributed by atoms with E-state index in [4.69, 9.17) is 8.23 Å². The first-order chi connectivity index (χ1) is 8.99. The standard InChI is InChI=1S/C14H29NO2Si3/c1-18(2,3)16-20(6,7)17-19(4,5)13-10-14-8-11-15-12-9-14/h8-9,11-12H,10,13H2,1-7H3. The molecule has 1 heterocycles. The lowest BCUT2D eigenvalue weighted by atomic mass is 10.2. The van der Waals surface area contributed by atoms with Crippen molar-refractivity contribution in [3.63, 3.8) is 0 Å². The van der Waals surface area contributed by atoms with E-state index < -0.39 is 25.2 Å². The van der Waals surface area contributed by atoms with Gasteiger partial charge in [0.05, 0.1) is 0 Å². The molecule has 0 N–H and O–H groups in total. The fourth-order valence-electron chi connectivity index (χ4n) is 2.47. The lowest BCUT2D eigenvalue weighted by Gasteiger charge is -2.37. The zero-order valence-electron chi connectivity index (χ0n) is 14.0. The van der Waals surface area contributed by atoms with Crippen LogP contribution in [0.5, 0.6) is 0 Å². The van der Waals surface area contributed by atoms with Crippen molar-refractivity contribution in [3.05, 3.63) is 30.1 Å². The Morgan fingerprint density at radius 1 is 0.900 bits per heavy atom. The number of hydrogen-bond donors (Lipinski definition) is 0. The van der Waals surface area contributed by atoms with E-state index in [0.29, 0.717) is 0 Å². The second-order valence-corrected chi connectivity index (χ2v) is 20.0. The van der Waals surface area contributed by atoms with E-state index in [-0.39, 0.29) is 0 Å². The van der Waals surface area contributed by atoms with Crippen LogP contribution in [-0.2, 0) is 14.7 Å². The molecule has 0 aliphatic heterocycles. The molecule has 0 saturated carbocycles. The molecule has 0 aliphatic carbocycles. The number of nitrogens with zero attached hydrogens (tertiary/aromatic N) is 1. The minimum Gasteiger partial charge on any atom is -0.437 e. The van der Waals surface area contributed by atoms with E-state index >= 15 is 0 Å². The van der Waals surface area contributed by atoms with Crippen LogP contribution in [0, 0.1) is 0 Å². The average molecular weight is 328 g/mol. The summed E-state index contributed by atoms with van der Waals surface area (Å²) < 4.78 is 12.8. The van der Waals surface area contributed by atoms with Gasteiger partial charge in [0.25, 0.3) is 0 Å². The van der Waals surface area contributed by atoms with Crippen LogP contribution < -0.4 is 0 Å². The molecule has 1 aromatic rings. The summed E-state index contributed by atoms with van der Waals surface area (Å²) in [6.07, 6.45) is 4.79. The largest absolute Gasteiger partial charge is 0.437 e. The minimum atomic E-state index is -2.00. The van der Waals surface area contributed by atoms with Crippen molar-refractivity contribution in [2.75, 3.05) is 0 Å². The Labute approximate surface area is 127 Å². The molecule has 0 aromatic carbocycles. The molecule has 0 unspecified atom stereocenters. The molecule has 0 saturated heterocycles. The molecule has 114 valence electrons. The summed E-state index contributed by atoms with van der Waals surface area (Å²) in [5.41, 5.74) is 1.34. The number of hydrogen-bond acceptors (Lipinski definition) is 3. The average Bonchev–Trinajstić information content (AvgIpc) is 2.23. The van der Waals surface area contributed by atoms with Crippen molar-refractivity contribution in [2.45, 2.75) is 58.3 Å². The van der Waals surface area contributed by atoms with Gasteiger partial charge in [-0.1, -0.05) is 0 Å². The predicted molar refractivity (Wildman–Crippen MR) is 93.2 cm³/mol. The summed E-state index contributed by atoms with van der Waals surface area (Å²) in [5, 5.41) is 0. The van der Waals surface area contributed by atoms with Crippen LogP contribution in [0.15, 0.2) is 24.5 Å². The van der Waals surface area contributed by atoms with Gasteiger partial charge in [0.15, 0.2) is 16.6 Å². The molecule has 3 nitrogen and oxygen atoms in total. The first kappa shape index (κ1) is 17.8. The van der Waals surface area contributed by atoms with E-state index in [2.05, 4.69) is 62.9 Å². The third-order valence-corrected chi connectivity index (χ3v) is 12.9. The molecule has 1 rings (SSSR count). The molecular formula is C14H29NO2Si3. The molecular weight excluding hydrogens is 298 g/mol. The Bertz CT molecular complexity index is 416. The summed E-state index contributed by atoms with van der Waals surface area (Å²) in [6.45, 7) is 15.7. The number of aromatic nitrogens is 1. The van der Waals surface area contributed by atoms with E-state index in [1.54, 1.807) is 0 Å². The molecule has 20 heavy (non-hydrogen) atoms. The number of rotatable bonds is 7. The zero-order chi connectivity index (χ0) is 15.4. The molecule has 0 bridgehead atoms. The van der Waals surface area contributed by atoms with Crippen molar-refractivity contribution in [2.24, 2.45) is 0 Å². The van der Waals surface area contributed by atoms with Crippen LogP contribution in [0.1, 0.15) is 5.56 Å². The molecule has 6 heteroatoms. The highest BCUT2D eigenvalue weighted by Crippen LogP contribution is 2.23. The van der Waals surface area contributed by atoms with Gasteiger partial charge in [-0.15, -0.1) is 0 Å². The molecule has 0 spiro atoms. The van der Waals surface area contributed by atoms with Gasteiger partial charge in [-0.3, -0.25) is 4.98 Å². The van der Waals surface area contributed by atoms with Gasteiger partial charge in [0.2, 0.25) is 0 Å². The monoisotopic (exact) mass is 327 g/mol.